The Morgan fingerprint density at radius 1 is 1.32 bits per heavy atom. The van der Waals surface area contributed by atoms with Crippen molar-refractivity contribution in [3.8, 4) is 5.75 Å². The molecular formula is C12H19NO5S. The molecule has 0 aliphatic carbocycles. The summed E-state index contributed by atoms with van der Waals surface area (Å²) in [4.78, 5) is 0. The summed E-state index contributed by atoms with van der Waals surface area (Å²) in [6.07, 6.45) is 1.16. The molecule has 0 aliphatic heterocycles. The van der Waals surface area contributed by atoms with Crippen molar-refractivity contribution in [2.45, 2.75) is 25.9 Å². The maximum Gasteiger partial charge on any atom is 0.397 e. The van der Waals surface area contributed by atoms with E-state index >= 15 is 0 Å². The van der Waals surface area contributed by atoms with Crippen molar-refractivity contribution in [2.75, 3.05) is 13.1 Å². The van der Waals surface area contributed by atoms with Gasteiger partial charge in [0.05, 0.1) is 0 Å². The standard InChI is InChI=1S/C12H19NO5S/c1-2-3-8-13-9-12(18-19(15,16)17)10-4-6-11(14)7-5-10/h4-7,12-14H,2-3,8-9H2,1H3,(H,15,16,17). The van der Waals surface area contributed by atoms with Gasteiger partial charge in [-0.05, 0) is 30.7 Å². The Kier molecular flexibility index (Phi) is 6.23. The minimum absolute atomic E-state index is 0.0771. The van der Waals surface area contributed by atoms with Gasteiger partial charge in [0.15, 0.2) is 0 Å². The van der Waals surface area contributed by atoms with Crippen molar-refractivity contribution in [1.29, 1.82) is 0 Å². The molecule has 3 N–H and O–H groups in total. The number of hydrogen-bond acceptors (Lipinski definition) is 5. The van der Waals surface area contributed by atoms with E-state index in [1.54, 1.807) is 12.1 Å². The van der Waals surface area contributed by atoms with Gasteiger partial charge in [0.2, 0.25) is 0 Å². The predicted octanol–water partition coefficient (Wildman–Crippen LogP) is 1.64. The van der Waals surface area contributed by atoms with E-state index in [4.69, 9.17) is 4.55 Å². The molecule has 0 bridgehead atoms. The summed E-state index contributed by atoms with van der Waals surface area (Å²) < 4.78 is 35.1. The highest BCUT2D eigenvalue weighted by atomic mass is 32.3. The molecule has 7 heteroatoms. The third-order valence-corrected chi connectivity index (χ3v) is 3.01. The second-order valence-electron chi connectivity index (χ2n) is 4.16. The second kappa shape index (κ2) is 7.44. The van der Waals surface area contributed by atoms with Gasteiger partial charge >= 0.3 is 10.4 Å². The van der Waals surface area contributed by atoms with Gasteiger partial charge in [-0.15, -0.1) is 0 Å². The molecule has 19 heavy (non-hydrogen) atoms. The lowest BCUT2D eigenvalue weighted by molar-refractivity contribution is 0.181. The first-order chi connectivity index (χ1) is 8.92. The Hall–Kier alpha value is -1.15. The number of unbranched alkanes of at least 4 members (excludes halogenated alkanes) is 1. The Labute approximate surface area is 113 Å². The van der Waals surface area contributed by atoms with Gasteiger partial charge in [0.25, 0.3) is 0 Å². The first kappa shape index (κ1) is 15.9. The van der Waals surface area contributed by atoms with Gasteiger partial charge in [0.1, 0.15) is 11.9 Å². The smallest absolute Gasteiger partial charge is 0.397 e. The number of hydrogen-bond donors (Lipinski definition) is 3. The minimum atomic E-state index is -4.53. The lowest BCUT2D eigenvalue weighted by atomic mass is 10.1. The zero-order valence-electron chi connectivity index (χ0n) is 10.7. The molecule has 0 spiro atoms. The molecule has 1 unspecified atom stereocenters. The normalized spacial score (nSPS) is 13.4. The van der Waals surface area contributed by atoms with E-state index < -0.39 is 16.5 Å². The highest BCUT2D eigenvalue weighted by Crippen LogP contribution is 2.21. The van der Waals surface area contributed by atoms with Crippen LogP contribution in [0.4, 0.5) is 0 Å². The Morgan fingerprint density at radius 3 is 2.47 bits per heavy atom. The Bertz CT molecular complexity index is 471. The average molecular weight is 289 g/mol. The van der Waals surface area contributed by atoms with Crippen LogP contribution in [0.1, 0.15) is 31.4 Å². The second-order valence-corrected chi connectivity index (χ2v) is 5.21. The summed E-state index contributed by atoms with van der Waals surface area (Å²) in [7, 11) is -4.53. The maximum atomic E-state index is 10.8. The van der Waals surface area contributed by atoms with Gasteiger partial charge in [-0.2, -0.15) is 8.42 Å². The van der Waals surface area contributed by atoms with Crippen molar-refractivity contribution >= 4 is 10.4 Å². The highest BCUT2D eigenvalue weighted by molar-refractivity contribution is 7.80. The number of benzene rings is 1. The highest BCUT2D eigenvalue weighted by Gasteiger charge is 2.18. The molecule has 1 atom stereocenters. The van der Waals surface area contributed by atoms with Crippen molar-refractivity contribution in [2.24, 2.45) is 0 Å². The molecule has 0 aliphatic rings. The molecule has 1 rings (SSSR count). The van der Waals surface area contributed by atoms with Crippen LogP contribution < -0.4 is 5.32 Å². The summed E-state index contributed by atoms with van der Waals surface area (Å²) in [5, 5.41) is 12.3. The Balaban J connectivity index is 2.71. The Morgan fingerprint density at radius 2 is 1.95 bits per heavy atom. The molecule has 0 saturated heterocycles. The maximum absolute atomic E-state index is 10.8. The SMILES string of the molecule is CCCCNCC(OS(=O)(=O)O)c1ccc(O)cc1. The lowest BCUT2D eigenvalue weighted by Gasteiger charge is -2.16. The van der Waals surface area contributed by atoms with E-state index in [9.17, 15) is 13.5 Å². The van der Waals surface area contributed by atoms with Gasteiger partial charge in [0, 0.05) is 6.54 Å². The zero-order chi connectivity index (χ0) is 14.3. The van der Waals surface area contributed by atoms with Crippen LogP contribution in [0.25, 0.3) is 0 Å². The topological polar surface area (TPSA) is 95.9 Å². The first-order valence-electron chi connectivity index (χ1n) is 6.07. The van der Waals surface area contributed by atoms with E-state index in [1.165, 1.54) is 12.1 Å². The zero-order valence-corrected chi connectivity index (χ0v) is 11.6. The molecule has 6 nitrogen and oxygen atoms in total. The van der Waals surface area contributed by atoms with Gasteiger partial charge in [-0.3, -0.25) is 4.55 Å². The van der Waals surface area contributed by atoms with Crippen LogP contribution in [0.2, 0.25) is 0 Å². The fourth-order valence-electron chi connectivity index (χ4n) is 1.58. The monoisotopic (exact) mass is 289 g/mol. The molecule has 0 heterocycles. The van der Waals surface area contributed by atoms with Crippen LogP contribution in [0, 0.1) is 0 Å². The number of rotatable bonds is 8. The molecule has 1 aromatic rings. The van der Waals surface area contributed by atoms with Crippen LogP contribution in [0.3, 0.4) is 0 Å². The van der Waals surface area contributed by atoms with Gasteiger partial charge < -0.3 is 10.4 Å². The lowest BCUT2D eigenvalue weighted by Crippen LogP contribution is -2.26. The minimum Gasteiger partial charge on any atom is -0.508 e. The molecule has 0 amide bonds. The fourth-order valence-corrected chi connectivity index (χ4v) is 2.05. The summed E-state index contributed by atoms with van der Waals surface area (Å²) in [5.74, 6) is 0.0771. The summed E-state index contributed by atoms with van der Waals surface area (Å²) in [5.41, 5.74) is 0.555. The van der Waals surface area contributed by atoms with Crippen LogP contribution in [0.15, 0.2) is 24.3 Å². The van der Waals surface area contributed by atoms with Gasteiger partial charge in [-0.25, -0.2) is 4.18 Å². The van der Waals surface area contributed by atoms with Crippen molar-refractivity contribution in [3.05, 3.63) is 29.8 Å². The number of nitrogens with one attached hydrogen (secondary N) is 1. The largest absolute Gasteiger partial charge is 0.508 e. The summed E-state index contributed by atoms with van der Waals surface area (Å²) >= 11 is 0. The number of aromatic hydroxyl groups is 1. The molecule has 0 radical (unpaired) electrons. The summed E-state index contributed by atoms with van der Waals surface area (Å²) in [6, 6.07) is 5.96. The molecule has 0 fully saturated rings. The first-order valence-corrected chi connectivity index (χ1v) is 7.44. The third-order valence-electron chi connectivity index (χ3n) is 2.54. The van der Waals surface area contributed by atoms with Crippen LogP contribution >= 0.6 is 0 Å². The summed E-state index contributed by atoms with van der Waals surface area (Å²) in [6.45, 7) is 3.04. The predicted molar refractivity (Wildman–Crippen MR) is 71.3 cm³/mol. The van der Waals surface area contributed by atoms with E-state index in [1.807, 2.05) is 6.92 Å². The third kappa shape index (κ3) is 6.53. The molecule has 0 saturated carbocycles. The van der Waals surface area contributed by atoms with Crippen molar-refractivity contribution in [1.82, 2.24) is 5.32 Å². The van der Waals surface area contributed by atoms with Crippen molar-refractivity contribution in [3.63, 3.8) is 0 Å². The number of phenolic OH excluding ortho intramolecular Hbond substituents is 1. The average Bonchev–Trinajstić information content (AvgIpc) is 2.33. The van der Waals surface area contributed by atoms with E-state index in [0.717, 1.165) is 19.4 Å². The van der Waals surface area contributed by atoms with Crippen LogP contribution in [0.5, 0.6) is 5.75 Å². The quantitative estimate of drug-likeness (QED) is 0.497. The molecule has 108 valence electrons. The van der Waals surface area contributed by atoms with E-state index in [2.05, 4.69) is 9.50 Å². The van der Waals surface area contributed by atoms with Crippen molar-refractivity contribution < 1.29 is 22.3 Å². The molecular weight excluding hydrogens is 270 g/mol. The number of phenols is 1. The fraction of sp³-hybridized carbons (Fsp3) is 0.500. The van der Waals surface area contributed by atoms with Crippen LogP contribution in [-0.2, 0) is 14.6 Å². The molecule has 1 aromatic carbocycles. The van der Waals surface area contributed by atoms with Crippen LogP contribution in [-0.4, -0.2) is 31.2 Å². The molecule has 0 aromatic heterocycles. The van der Waals surface area contributed by atoms with Gasteiger partial charge in [-0.1, -0.05) is 25.5 Å². The van der Waals surface area contributed by atoms with E-state index in [-0.39, 0.29) is 12.3 Å². The van der Waals surface area contributed by atoms with E-state index in [0.29, 0.717) is 5.56 Å².